The summed E-state index contributed by atoms with van der Waals surface area (Å²) in [6.45, 7) is 31.2. The maximum atomic E-state index is 10.9. The maximum Gasteiger partial charge on any atom is 0.311 e. The second-order valence-corrected chi connectivity index (χ2v) is 23.9. The van der Waals surface area contributed by atoms with E-state index in [-0.39, 0.29) is 11.6 Å². The van der Waals surface area contributed by atoms with Crippen LogP contribution in [0.4, 0.5) is 4.39 Å². The van der Waals surface area contributed by atoms with Crippen LogP contribution in [0.2, 0.25) is 42.8 Å². The Balaban J connectivity index is -0.000000201. The van der Waals surface area contributed by atoms with Crippen LogP contribution in [0.1, 0.15) is 70.6 Å². The number of carboxylic acid groups (broad SMARTS) is 2. The highest BCUT2D eigenvalue weighted by molar-refractivity contribution is 6.78. The number of aliphatic hydroxyl groups excluding tert-OH is 1. The molecule has 0 unspecified atom stereocenters. The number of rotatable bonds is 6. The Bertz CT molecular complexity index is 578. The van der Waals surface area contributed by atoms with E-state index < -0.39 is 46.3 Å². The van der Waals surface area contributed by atoms with Crippen LogP contribution in [-0.4, -0.2) is 64.0 Å². The molecule has 0 aliphatic rings. The summed E-state index contributed by atoms with van der Waals surface area (Å²) in [4.78, 5) is 21.0. The van der Waals surface area contributed by atoms with Gasteiger partial charge >= 0.3 is 11.9 Å². The van der Waals surface area contributed by atoms with E-state index in [2.05, 4.69) is 74.3 Å². The molecule has 0 aliphatic heterocycles. The molecule has 0 aromatic carbocycles. The maximum absolute atomic E-state index is 10.9. The fourth-order valence-corrected chi connectivity index (χ4v) is 1.86. The quantitative estimate of drug-likeness (QED) is 0.332. The summed E-state index contributed by atoms with van der Waals surface area (Å²) in [7, 11) is -3.68. The SMILES string of the molecule is CC(C)(C)[Si](C)(C)C.CC(C)(CO)C(=O)O.CC(C)(CO[Si](C)(C)C(C)(C)C)C(=O)O.[2H]CF. The van der Waals surface area contributed by atoms with Gasteiger partial charge in [0.2, 0.25) is 0 Å². The first-order valence-electron chi connectivity index (χ1n) is 11.8. The van der Waals surface area contributed by atoms with Crippen molar-refractivity contribution >= 4 is 28.3 Å². The molecule has 202 valence electrons. The largest absolute Gasteiger partial charge is 0.481 e. The van der Waals surface area contributed by atoms with Crippen molar-refractivity contribution in [3.05, 3.63) is 0 Å². The zero-order chi connectivity index (χ0) is 29.0. The van der Waals surface area contributed by atoms with Crippen molar-refractivity contribution in [3.63, 3.8) is 0 Å². The normalized spacial score (nSPS) is 13.2. The van der Waals surface area contributed by atoms with Crippen LogP contribution >= 0.6 is 0 Å². The van der Waals surface area contributed by atoms with Crippen LogP contribution in [0, 0.1) is 10.8 Å². The minimum absolute atomic E-state index is 0.127. The number of carboxylic acids is 2. The second kappa shape index (κ2) is 14.6. The van der Waals surface area contributed by atoms with Crippen LogP contribution in [0.3, 0.4) is 0 Å². The highest BCUT2D eigenvalue weighted by Crippen LogP contribution is 2.37. The zero-order valence-electron chi connectivity index (χ0n) is 25.1. The van der Waals surface area contributed by atoms with Gasteiger partial charge in [-0.1, -0.05) is 61.2 Å². The standard InChI is InChI=1S/C11H24O3Si.C7H18Si.C5H10O3.CH3F/c1-10(2,3)15(6,7)14-8-11(4,5)9(12)13;1-7(2,3)8(4,5)6;1-5(2,3-6)4(7)8;1-2/h8H2,1-7H3,(H,12,13);1-6H3;6H,3H2,1-2H3,(H,7,8);1H3/i;;;1D. The van der Waals surface area contributed by atoms with E-state index >= 15 is 0 Å². The number of aliphatic hydroxyl groups is 1. The molecule has 0 saturated carbocycles. The van der Waals surface area contributed by atoms with E-state index in [9.17, 15) is 14.0 Å². The highest BCUT2D eigenvalue weighted by atomic mass is 28.4. The average Bonchev–Trinajstić information content (AvgIpc) is 2.59. The van der Waals surface area contributed by atoms with Gasteiger partial charge in [-0.05, 0) is 50.9 Å². The molecule has 0 radical (unpaired) electrons. The van der Waals surface area contributed by atoms with Gasteiger partial charge in [-0.3, -0.25) is 14.0 Å². The Kier molecular flexibility index (Phi) is 16.3. The Morgan fingerprint density at radius 2 is 1.06 bits per heavy atom. The molecule has 3 N–H and O–H groups in total. The van der Waals surface area contributed by atoms with E-state index in [0.29, 0.717) is 11.6 Å². The molecule has 0 bridgehead atoms. The molecule has 0 heterocycles. The molecule has 0 aromatic rings. The summed E-state index contributed by atoms with van der Waals surface area (Å²) in [5.74, 6) is -1.78. The van der Waals surface area contributed by atoms with Gasteiger partial charge in [0.15, 0.2) is 8.32 Å². The molecule has 0 rings (SSSR count). The third-order valence-electron chi connectivity index (χ3n) is 6.40. The van der Waals surface area contributed by atoms with Gasteiger partial charge < -0.3 is 19.7 Å². The number of aliphatic carboxylic acids is 2. The summed E-state index contributed by atoms with van der Waals surface area (Å²) in [5, 5.41) is 26.3. The minimum Gasteiger partial charge on any atom is -0.481 e. The van der Waals surface area contributed by atoms with Crippen molar-refractivity contribution in [3.8, 4) is 0 Å². The van der Waals surface area contributed by atoms with Crippen molar-refractivity contribution < 1.29 is 35.1 Å². The Hall–Kier alpha value is -0.776. The molecule has 9 heteroatoms. The second-order valence-electron chi connectivity index (χ2n) is 13.1. The molecule has 0 saturated heterocycles. The van der Waals surface area contributed by atoms with Crippen LogP contribution in [0.5, 0.6) is 0 Å². The molecule has 0 aromatic heterocycles. The van der Waals surface area contributed by atoms with E-state index in [1.165, 1.54) is 13.8 Å². The van der Waals surface area contributed by atoms with Crippen molar-refractivity contribution in [2.45, 2.75) is 112 Å². The third kappa shape index (κ3) is 17.3. The lowest BCUT2D eigenvalue weighted by molar-refractivity contribution is -0.149. The number of hydrogen-bond acceptors (Lipinski definition) is 4. The van der Waals surface area contributed by atoms with Gasteiger partial charge in [0, 0.05) is 14.7 Å². The fraction of sp³-hybridized carbons (Fsp3) is 0.917. The summed E-state index contributed by atoms with van der Waals surface area (Å²) in [6, 6.07) is 0. The van der Waals surface area contributed by atoms with Crippen molar-refractivity contribution in [2.24, 2.45) is 10.8 Å². The summed E-state index contributed by atoms with van der Waals surface area (Å²) >= 11 is 0. The monoisotopic (exact) mass is 515 g/mol. The number of carbonyl (C=O) groups is 2. The van der Waals surface area contributed by atoms with Gasteiger partial charge in [0.25, 0.3) is 0 Å². The minimum atomic E-state index is -1.82. The predicted octanol–water partition coefficient (Wildman–Crippen LogP) is 6.92. The molecule has 0 amide bonds. The summed E-state index contributed by atoms with van der Waals surface area (Å²) in [5.41, 5.74) is -1.78. The van der Waals surface area contributed by atoms with E-state index in [1.54, 1.807) is 13.8 Å². The van der Waals surface area contributed by atoms with Crippen molar-refractivity contribution in [1.29, 1.82) is 0 Å². The average molecular weight is 516 g/mol. The molecule has 0 fully saturated rings. The Morgan fingerprint density at radius 3 is 1.18 bits per heavy atom. The van der Waals surface area contributed by atoms with Crippen LogP contribution in [0.25, 0.3) is 0 Å². The molecule has 0 spiro atoms. The van der Waals surface area contributed by atoms with Gasteiger partial charge in [-0.15, -0.1) is 0 Å². The van der Waals surface area contributed by atoms with Crippen LogP contribution in [-0.2, 0) is 14.0 Å². The lowest BCUT2D eigenvalue weighted by Crippen LogP contribution is -2.44. The number of hydrogen-bond donors (Lipinski definition) is 3. The molecular formula is C24H55FO6Si2. The first-order valence-corrected chi connectivity index (χ1v) is 17.5. The number of halogens is 1. The van der Waals surface area contributed by atoms with Gasteiger partial charge in [-0.2, -0.15) is 0 Å². The number of alkyl halides is 1. The van der Waals surface area contributed by atoms with E-state index in [0.717, 1.165) is 0 Å². The highest BCUT2D eigenvalue weighted by Gasteiger charge is 2.39. The Morgan fingerprint density at radius 1 is 0.788 bits per heavy atom. The lowest BCUT2D eigenvalue weighted by Gasteiger charge is -2.38. The fourth-order valence-electron chi connectivity index (χ4n) is 0.707. The topological polar surface area (TPSA) is 104 Å². The van der Waals surface area contributed by atoms with Gasteiger partial charge in [0.1, 0.15) is 0 Å². The van der Waals surface area contributed by atoms with Gasteiger partial charge in [0.05, 0.1) is 26.0 Å². The molecule has 33 heavy (non-hydrogen) atoms. The molecule has 0 atom stereocenters. The van der Waals surface area contributed by atoms with Crippen molar-refractivity contribution in [1.82, 2.24) is 0 Å². The van der Waals surface area contributed by atoms with Gasteiger partial charge in [-0.25, -0.2) is 0 Å². The van der Waals surface area contributed by atoms with Crippen molar-refractivity contribution in [2.75, 3.05) is 20.4 Å². The van der Waals surface area contributed by atoms with E-state index in [4.69, 9.17) is 21.1 Å². The third-order valence-corrected chi connectivity index (χ3v) is 15.4. The van der Waals surface area contributed by atoms with Crippen LogP contribution < -0.4 is 0 Å². The lowest BCUT2D eigenvalue weighted by atomic mass is 9.96. The summed E-state index contributed by atoms with van der Waals surface area (Å²) in [6.07, 6.45) is 0. The predicted molar refractivity (Wildman–Crippen MR) is 143 cm³/mol. The smallest absolute Gasteiger partial charge is 0.311 e. The first-order chi connectivity index (χ1) is 14.6. The first kappa shape index (κ1) is 36.8. The Labute approximate surface area is 206 Å². The zero-order valence-corrected chi connectivity index (χ0v) is 26.1. The molecular weight excluding hydrogens is 459 g/mol. The van der Waals surface area contributed by atoms with E-state index in [1.807, 2.05) is 0 Å². The molecule has 0 aliphatic carbocycles. The molecule has 6 nitrogen and oxygen atoms in total. The summed E-state index contributed by atoms with van der Waals surface area (Å²) < 4.78 is 21.4. The van der Waals surface area contributed by atoms with Crippen LogP contribution in [0.15, 0.2) is 0 Å².